The van der Waals surface area contributed by atoms with Gasteiger partial charge in [-0.2, -0.15) is 11.8 Å². The Morgan fingerprint density at radius 2 is 2.09 bits per heavy atom. The van der Waals surface area contributed by atoms with E-state index in [-0.39, 0.29) is 5.91 Å². The molecule has 5 heteroatoms. The van der Waals surface area contributed by atoms with Gasteiger partial charge in [0.05, 0.1) is 0 Å². The van der Waals surface area contributed by atoms with Gasteiger partial charge in [0.1, 0.15) is 0 Å². The number of piperidine rings is 1. The Morgan fingerprint density at radius 1 is 1.30 bits per heavy atom. The third-order valence-electron chi connectivity index (χ3n) is 5.24. The van der Waals surface area contributed by atoms with Crippen LogP contribution >= 0.6 is 11.8 Å². The molecule has 2 saturated heterocycles. The lowest BCUT2D eigenvalue weighted by molar-refractivity contribution is -0.149. The lowest BCUT2D eigenvalue weighted by Gasteiger charge is -2.36. The second-order valence-corrected chi connectivity index (χ2v) is 7.80. The van der Waals surface area contributed by atoms with Crippen molar-refractivity contribution in [3.63, 3.8) is 0 Å². The molecular weight excluding hydrogens is 308 g/mol. The predicted octanol–water partition coefficient (Wildman–Crippen LogP) is 2.74. The summed E-state index contributed by atoms with van der Waals surface area (Å²) in [4.78, 5) is 17.8. The molecule has 1 unspecified atom stereocenters. The van der Waals surface area contributed by atoms with Crippen LogP contribution < -0.4 is 0 Å². The van der Waals surface area contributed by atoms with Crippen LogP contribution in [0.25, 0.3) is 10.9 Å². The molecule has 4 rings (SSSR count). The molecule has 1 aromatic carbocycles. The summed E-state index contributed by atoms with van der Waals surface area (Å²) < 4.78 is 0. The van der Waals surface area contributed by atoms with Crippen LogP contribution in [-0.4, -0.2) is 51.1 Å². The first-order chi connectivity index (χ1) is 11.2. The van der Waals surface area contributed by atoms with Gasteiger partial charge in [0.2, 0.25) is 0 Å². The van der Waals surface area contributed by atoms with Crippen molar-refractivity contribution in [1.82, 2.24) is 9.88 Å². The van der Waals surface area contributed by atoms with E-state index in [1.54, 1.807) is 11.8 Å². The van der Waals surface area contributed by atoms with Gasteiger partial charge in [-0.05, 0) is 42.6 Å². The van der Waals surface area contributed by atoms with Gasteiger partial charge in [0.15, 0.2) is 5.60 Å². The number of hydrogen-bond acceptors (Lipinski definition) is 3. The van der Waals surface area contributed by atoms with E-state index in [1.807, 2.05) is 11.0 Å². The number of likely N-dealkylation sites (tertiary alicyclic amines) is 1. The highest BCUT2D eigenvalue weighted by Crippen LogP contribution is 2.35. The molecular formula is C18H22N2O2S. The van der Waals surface area contributed by atoms with Crippen LogP contribution in [0.2, 0.25) is 0 Å². The fraction of sp³-hybridized carbons (Fsp3) is 0.500. The minimum atomic E-state index is -1.11. The van der Waals surface area contributed by atoms with Crippen LogP contribution in [0.3, 0.4) is 0 Å². The molecule has 4 nitrogen and oxygen atoms in total. The average Bonchev–Trinajstić information content (AvgIpc) is 3.21. The number of benzene rings is 1. The highest BCUT2D eigenvalue weighted by molar-refractivity contribution is 7.99. The quantitative estimate of drug-likeness (QED) is 0.890. The van der Waals surface area contributed by atoms with Gasteiger partial charge in [-0.25, -0.2) is 0 Å². The zero-order valence-electron chi connectivity index (χ0n) is 13.1. The van der Waals surface area contributed by atoms with Gasteiger partial charge >= 0.3 is 0 Å². The first-order valence-corrected chi connectivity index (χ1v) is 9.48. The molecule has 0 spiro atoms. The van der Waals surface area contributed by atoms with Crippen molar-refractivity contribution < 1.29 is 9.90 Å². The summed E-state index contributed by atoms with van der Waals surface area (Å²) in [5.41, 5.74) is 1.43. The number of aliphatic hydroxyl groups is 1. The number of amides is 1. The minimum absolute atomic E-state index is 0.0557. The molecule has 1 aromatic heterocycles. The SMILES string of the molecule is O=C(N1CCC(c2c[nH]c3ccccc23)CC1)C1(O)CCSC1. The number of nitrogens with zero attached hydrogens (tertiary/aromatic N) is 1. The molecule has 0 radical (unpaired) electrons. The summed E-state index contributed by atoms with van der Waals surface area (Å²) >= 11 is 1.67. The Balaban J connectivity index is 1.46. The Morgan fingerprint density at radius 3 is 2.83 bits per heavy atom. The molecule has 2 aromatic rings. The minimum Gasteiger partial charge on any atom is -0.379 e. The highest BCUT2D eigenvalue weighted by Gasteiger charge is 2.43. The van der Waals surface area contributed by atoms with Crippen LogP contribution in [0.1, 0.15) is 30.7 Å². The second-order valence-electron chi connectivity index (χ2n) is 6.69. The van der Waals surface area contributed by atoms with Crippen molar-refractivity contribution in [2.75, 3.05) is 24.6 Å². The van der Waals surface area contributed by atoms with Gasteiger partial charge in [-0.15, -0.1) is 0 Å². The first-order valence-electron chi connectivity index (χ1n) is 8.33. The smallest absolute Gasteiger partial charge is 0.255 e. The fourth-order valence-electron chi connectivity index (χ4n) is 3.84. The van der Waals surface area contributed by atoms with Crippen molar-refractivity contribution in [3.8, 4) is 0 Å². The zero-order chi connectivity index (χ0) is 15.9. The van der Waals surface area contributed by atoms with Crippen LogP contribution in [0.15, 0.2) is 30.5 Å². The first kappa shape index (κ1) is 15.1. The summed E-state index contributed by atoms with van der Waals surface area (Å²) in [6.45, 7) is 1.49. The van der Waals surface area contributed by atoms with E-state index in [0.29, 0.717) is 18.1 Å². The summed E-state index contributed by atoms with van der Waals surface area (Å²) in [5, 5.41) is 11.8. The Kier molecular flexibility index (Phi) is 3.85. The monoisotopic (exact) mass is 330 g/mol. The van der Waals surface area contributed by atoms with Gasteiger partial charge in [0, 0.05) is 35.9 Å². The molecule has 23 heavy (non-hydrogen) atoms. The van der Waals surface area contributed by atoms with Gasteiger partial charge in [0.25, 0.3) is 5.91 Å². The molecule has 1 amide bonds. The molecule has 2 aliphatic heterocycles. The maximum atomic E-state index is 12.6. The van der Waals surface area contributed by atoms with E-state index in [2.05, 4.69) is 29.4 Å². The van der Waals surface area contributed by atoms with E-state index in [9.17, 15) is 9.90 Å². The summed E-state index contributed by atoms with van der Waals surface area (Å²) in [7, 11) is 0. The number of thioether (sulfide) groups is 1. The molecule has 0 aliphatic carbocycles. The number of nitrogens with one attached hydrogen (secondary N) is 1. The molecule has 0 saturated carbocycles. The Labute approximate surface area is 140 Å². The average molecular weight is 330 g/mol. The number of aromatic amines is 1. The number of carbonyl (C=O) groups excluding carboxylic acids is 1. The van der Waals surface area contributed by atoms with E-state index in [1.165, 1.54) is 16.5 Å². The molecule has 2 N–H and O–H groups in total. The summed E-state index contributed by atoms with van der Waals surface area (Å²) in [6, 6.07) is 8.39. The van der Waals surface area contributed by atoms with E-state index in [0.717, 1.165) is 31.7 Å². The summed E-state index contributed by atoms with van der Waals surface area (Å²) in [6.07, 6.45) is 4.65. The van der Waals surface area contributed by atoms with Crippen LogP contribution in [0, 0.1) is 0 Å². The number of carbonyl (C=O) groups is 1. The maximum Gasteiger partial charge on any atom is 0.255 e. The number of para-hydroxylation sites is 1. The van der Waals surface area contributed by atoms with E-state index in [4.69, 9.17) is 0 Å². The largest absolute Gasteiger partial charge is 0.379 e. The third kappa shape index (κ3) is 2.66. The lowest BCUT2D eigenvalue weighted by atomic mass is 9.88. The van der Waals surface area contributed by atoms with Crippen molar-refractivity contribution in [2.45, 2.75) is 30.8 Å². The third-order valence-corrected chi connectivity index (χ3v) is 6.42. The molecule has 122 valence electrons. The zero-order valence-corrected chi connectivity index (χ0v) is 13.9. The van der Waals surface area contributed by atoms with Crippen molar-refractivity contribution >= 4 is 28.6 Å². The predicted molar refractivity (Wildman–Crippen MR) is 93.7 cm³/mol. The maximum absolute atomic E-state index is 12.6. The lowest BCUT2D eigenvalue weighted by Crippen LogP contribution is -2.51. The standard InChI is InChI=1S/C18H22N2O2S/c21-17(18(22)7-10-23-12-18)20-8-5-13(6-9-20)15-11-19-16-4-2-1-3-14(15)16/h1-4,11,13,19,22H,5-10,12H2. The van der Waals surface area contributed by atoms with Crippen molar-refractivity contribution in [1.29, 1.82) is 0 Å². The number of rotatable bonds is 2. The van der Waals surface area contributed by atoms with Gasteiger partial charge < -0.3 is 15.0 Å². The Bertz CT molecular complexity index is 713. The second kappa shape index (κ2) is 5.87. The number of aromatic nitrogens is 1. The van der Waals surface area contributed by atoms with Gasteiger partial charge in [-0.3, -0.25) is 4.79 Å². The molecule has 3 heterocycles. The number of fused-ring (bicyclic) bond motifs is 1. The molecule has 2 aliphatic rings. The van der Waals surface area contributed by atoms with Crippen molar-refractivity contribution in [3.05, 3.63) is 36.0 Å². The normalized spacial score (nSPS) is 26.0. The van der Waals surface area contributed by atoms with E-state index < -0.39 is 5.60 Å². The van der Waals surface area contributed by atoms with Crippen LogP contribution in [0.5, 0.6) is 0 Å². The van der Waals surface area contributed by atoms with Crippen LogP contribution in [0.4, 0.5) is 0 Å². The number of hydrogen-bond donors (Lipinski definition) is 2. The Hall–Kier alpha value is -1.46. The van der Waals surface area contributed by atoms with E-state index >= 15 is 0 Å². The van der Waals surface area contributed by atoms with Crippen LogP contribution in [-0.2, 0) is 4.79 Å². The summed E-state index contributed by atoms with van der Waals surface area (Å²) in [5.74, 6) is 1.87. The molecule has 0 bridgehead atoms. The number of H-pyrrole nitrogens is 1. The topological polar surface area (TPSA) is 56.3 Å². The molecule has 2 fully saturated rings. The van der Waals surface area contributed by atoms with Gasteiger partial charge in [-0.1, -0.05) is 18.2 Å². The van der Waals surface area contributed by atoms with Crippen molar-refractivity contribution in [2.24, 2.45) is 0 Å². The molecule has 1 atom stereocenters. The fourth-order valence-corrected chi connectivity index (χ4v) is 5.07. The highest BCUT2D eigenvalue weighted by atomic mass is 32.2.